The number of nitrogens with zero attached hydrogens (tertiary/aromatic N) is 4. The Balaban J connectivity index is 1.71. The first-order valence-corrected chi connectivity index (χ1v) is 13.2. The molecule has 8 heteroatoms. The van der Waals surface area contributed by atoms with E-state index in [0.29, 0.717) is 26.2 Å². The Bertz CT molecular complexity index is 1310. The topological polar surface area (TPSA) is 78.6 Å². The molecule has 0 fully saturated rings. The fraction of sp³-hybridized carbons (Fsp3) is 0.357. The van der Waals surface area contributed by atoms with Gasteiger partial charge in [0.2, 0.25) is 0 Å². The van der Waals surface area contributed by atoms with Crippen LogP contribution in [0, 0.1) is 0 Å². The summed E-state index contributed by atoms with van der Waals surface area (Å²) in [5.74, 6) is -0.152. The van der Waals surface area contributed by atoms with E-state index < -0.39 is 0 Å². The number of aryl methyl sites for hydroxylation is 1. The van der Waals surface area contributed by atoms with E-state index in [1.165, 1.54) is 0 Å². The van der Waals surface area contributed by atoms with Gasteiger partial charge in [-0.25, -0.2) is 4.52 Å². The molecule has 36 heavy (non-hydrogen) atoms. The van der Waals surface area contributed by atoms with Crippen LogP contribution in [0.1, 0.15) is 55.8 Å². The lowest BCUT2D eigenvalue weighted by Crippen LogP contribution is -2.11. The number of fused-ring (bicyclic) bond motifs is 1. The molecule has 4 rings (SSSR count). The van der Waals surface area contributed by atoms with Gasteiger partial charge in [-0.3, -0.25) is 14.8 Å². The summed E-state index contributed by atoms with van der Waals surface area (Å²) in [4.78, 5) is 20.6. The summed E-state index contributed by atoms with van der Waals surface area (Å²) in [5, 5.41) is 5.04. The van der Waals surface area contributed by atoms with E-state index in [-0.39, 0.29) is 5.97 Å². The van der Waals surface area contributed by atoms with E-state index in [0.717, 1.165) is 69.4 Å². The summed E-state index contributed by atoms with van der Waals surface area (Å²) in [6, 6.07) is 12.1. The number of hydrogen-bond acceptors (Lipinski definition) is 6. The second kappa shape index (κ2) is 12.7. The van der Waals surface area contributed by atoms with E-state index in [9.17, 15) is 4.79 Å². The molecule has 0 amide bonds. The number of ether oxygens (including phenoxy) is 2. The molecule has 0 bridgehead atoms. The molecule has 188 valence electrons. The Kier molecular flexibility index (Phi) is 9.19. The van der Waals surface area contributed by atoms with Crippen molar-refractivity contribution in [3.8, 4) is 11.1 Å². The van der Waals surface area contributed by atoms with Gasteiger partial charge in [0.1, 0.15) is 0 Å². The lowest BCUT2D eigenvalue weighted by Gasteiger charge is -2.18. The number of carbonyl (C=O) groups excluding carboxylic acids is 1. The average molecular weight is 551 g/mol. The van der Waals surface area contributed by atoms with E-state index in [4.69, 9.17) is 14.6 Å². The van der Waals surface area contributed by atoms with E-state index in [1.807, 2.05) is 35.8 Å². The van der Waals surface area contributed by atoms with Crippen LogP contribution in [0.15, 0.2) is 59.5 Å². The van der Waals surface area contributed by atoms with Crippen LogP contribution in [-0.4, -0.2) is 32.2 Å². The van der Waals surface area contributed by atoms with Crippen LogP contribution >= 0.6 is 15.9 Å². The van der Waals surface area contributed by atoms with Crippen molar-refractivity contribution >= 4 is 27.4 Å². The second-order valence-corrected chi connectivity index (χ2v) is 9.41. The highest BCUT2D eigenvalue weighted by atomic mass is 79.9. The summed E-state index contributed by atoms with van der Waals surface area (Å²) in [6.07, 6.45) is 9.06. The van der Waals surface area contributed by atoms with Crippen molar-refractivity contribution in [2.45, 2.75) is 59.2 Å². The number of unbranched alkanes of at least 4 members (excludes halogenated alkanes) is 1. The van der Waals surface area contributed by atoms with Crippen molar-refractivity contribution in [2.24, 2.45) is 0 Å². The first-order valence-electron chi connectivity index (χ1n) is 12.4. The van der Waals surface area contributed by atoms with Gasteiger partial charge < -0.3 is 9.47 Å². The molecule has 0 N–H and O–H groups in total. The van der Waals surface area contributed by atoms with Gasteiger partial charge in [0.25, 0.3) is 0 Å². The van der Waals surface area contributed by atoms with Crippen molar-refractivity contribution in [1.82, 2.24) is 19.6 Å². The van der Waals surface area contributed by atoms with Gasteiger partial charge >= 0.3 is 5.97 Å². The maximum atomic E-state index is 11.9. The average Bonchev–Trinajstić information content (AvgIpc) is 3.29. The zero-order chi connectivity index (χ0) is 25.3. The third kappa shape index (κ3) is 6.36. The minimum Gasteiger partial charge on any atom is -0.466 e. The molecule has 0 radical (unpaired) electrons. The number of halogens is 1. The highest BCUT2D eigenvalue weighted by Gasteiger charge is 2.19. The monoisotopic (exact) mass is 550 g/mol. The molecule has 0 saturated carbocycles. The first kappa shape index (κ1) is 26.0. The maximum Gasteiger partial charge on any atom is 0.305 e. The Labute approximate surface area is 220 Å². The number of aromatic nitrogens is 4. The number of carbonyl (C=O) groups is 1. The van der Waals surface area contributed by atoms with Crippen LogP contribution in [0.25, 0.3) is 16.6 Å². The van der Waals surface area contributed by atoms with Crippen LogP contribution in [0.2, 0.25) is 0 Å². The number of hydrogen-bond donors (Lipinski definition) is 0. The lowest BCUT2D eigenvalue weighted by molar-refractivity contribution is -0.143. The van der Waals surface area contributed by atoms with E-state index >= 15 is 0 Å². The summed E-state index contributed by atoms with van der Waals surface area (Å²) >= 11 is 3.58. The van der Waals surface area contributed by atoms with Crippen LogP contribution in [0.4, 0.5) is 0 Å². The SMILES string of the molecule is CCOC(=O)CCCCc1c(COCc2ccccn2)nn2c(CC)ccc2c1-c1cncc(Br)c1. The van der Waals surface area contributed by atoms with Crippen molar-refractivity contribution in [3.63, 3.8) is 0 Å². The molecule has 0 aliphatic rings. The molecule has 0 spiro atoms. The number of rotatable bonds is 12. The van der Waals surface area contributed by atoms with Gasteiger partial charge in [-0.2, -0.15) is 5.10 Å². The molecule has 4 aromatic rings. The number of pyridine rings is 2. The van der Waals surface area contributed by atoms with Crippen molar-refractivity contribution in [1.29, 1.82) is 0 Å². The summed E-state index contributed by atoms with van der Waals surface area (Å²) < 4.78 is 14.1. The van der Waals surface area contributed by atoms with Gasteiger partial charge in [-0.15, -0.1) is 0 Å². The van der Waals surface area contributed by atoms with Gasteiger partial charge in [0, 0.05) is 46.3 Å². The second-order valence-electron chi connectivity index (χ2n) is 8.49. The van der Waals surface area contributed by atoms with Crippen molar-refractivity contribution < 1.29 is 14.3 Å². The molecule has 4 aromatic heterocycles. The minimum atomic E-state index is -0.152. The Hall–Kier alpha value is -3.10. The molecule has 0 aromatic carbocycles. The minimum absolute atomic E-state index is 0.152. The summed E-state index contributed by atoms with van der Waals surface area (Å²) in [5.41, 5.74) is 7.18. The zero-order valence-corrected chi connectivity index (χ0v) is 22.3. The fourth-order valence-electron chi connectivity index (χ4n) is 4.32. The zero-order valence-electron chi connectivity index (χ0n) is 20.7. The van der Waals surface area contributed by atoms with Gasteiger partial charge in [0.15, 0.2) is 0 Å². The highest BCUT2D eigenvalue weighted by Crippen LogP contribution is 2.34. The van der Waals surface area contributed by atoms with Crippen LogP contribution in [0.3, 0.4) is 0 Å². The number of esters is 1. The van der Waals surface area contributed by atoms with Crippen molar-refractivity contribution in [3.05, 3.63) is 82.1 Å². The molecule has 0 unspecified atom stereocenters. The quantitative estimate of drug-likeness (QED) is 0.156. The van der Waals surface area contributed by atoms with Crippen LogP contribution < -0.4 is 0 Å². The molecule has 0 saturated heterocycles. The molecule has 0 aliphatic carbocycles. The van der Waals surface area contributed by atoms with Crippen molar-refractivity contribution in [2.75, 3.05) is 6.61 Å². The highest BCUT2D eigenvalue weighted by molar-refractivity contribution is 9.10. The molecular formula is C28H31BrN4O3. The first-order chi connectivity index (χ1) is 17.6. The maximum absolute atomic E-state index is 11.9. The fourth-order valence-corrected chi connectivity index (χ4v) is 4.69. The normalized spacial score (nSPS) is 11.2. The van der Waals surface area contributed by atoms with Crippen LogP contribution in [-0.2, 0) is 40.3 Å². The van der Waals surface area contributed by atoms with Gasteiger partial charge in [-0.05, 0) is 84.4 Å². The molecule has 0 atom stereocenters. The Morgan fingerprint density at radius 2 is 1.97 bits per heavy atom. The lowest BCUT2D eigenvalue weighted by atomic mass is 9.95. The third-order valence-electron chi connectivity index (χ3n) is 5.99. The predicted octanol–water partition coefficient (Wildman–Crippen LogP) is 6.11. The molecule has 7 nitrogen and oxygen atoms in total. The van der Waals surface area contributed by atoms with Gasteiger partial charge in [-0.1, -0.05) is 13.0 Å². The van der Waals surface area contributed by atoms with E-state index in [1.54, 1.807) is 12.4 Å². The smallest absolute Gasteiger partial charge is 0.305 e. The summed E-state index contributed by atoms with van der Waals surface area (Å²) in [7, 11) is 0. The Morgan fingerprint density at radius 1 is 1.08 bits per heavy atom. The van der Waals surface area contributed by atoms with E-state index in [2.05, 4.69) is 51.0 Å². The largest absolute Gasteiger partial charge is 0.466 e. The molecular weight excluding hydrogens is 520 g/mol. The molecule has 0 aliphatic heterocycles. The van der Waals surface area contributed by atoms with Gasteiger partial charge in [0.05, 0.1) is 36.7 Å². The standard InChI is InChI=1S/C28H31BrN4O3/c1-3-23-12-13-26-28(20-15-21(29)17-30-16-20)24(10-5-6-11-27(34)36-4-2)25(32-33(23)26)19-35-18-22-9-7-8-14-31-22/h7-9,12-17H,3-6,10-11,18-19H2,1-2H3. The van der Waals surface area contributed by atoms with Crippen LogP contribution in [0.5, 0.6) is 0 Å². The summed E-state index contributed by atoms with van der Waals surface area (Å²) in [6.45, 7) is 5.13. The predicted molar refractivity (Wildman–Crippen MR) is 142 cm³/mol. The Morgan fingerprint density at radius 3 is 2.72 bits per heavy atom. The molecule has 4 heterocycles. The third-order valence-corrected chi connectivity index (χ3v) is 6.43.